The maximum Gasteiger partial charge on any atom is 0.264 e. The molecule has 0 amide bonds. The number of aromatic amines is 1. The van der Waals surface area contributed by atoms with Crippen molar-refractivity contribution in [2.75, 3.05) is 0 Å². The van der Waals surface area contributed by atoms with Crippen LogP contribution in [0.4, 0.5) is 0 Å². The van der Waals surface area contributed by atoms with Gasteiger partial charge in [-0.05, 0) is 0 Å². The average Bonchev–Trinajstić information content (AvgIpc) is 2.33. The Balaban J connectivity index is 2.71. The van der Waals surface area contributed by atoms with Gasteiger partial charge in [-0.2, -0.15) is 5.10 Å². The van der Waals surface area contributed by atoms with Gasteiger partial charge < -0.3 is 0 Å². The molecule has 2 rings (SSSR count). The lowest BCUT2D eigenvalue weighted by Crippen LogP contribution is -2.08. The predicted molar refractivity (Wildman–Crippen MR) is 37.6 cm³/mol. The van der Waals surface area contributed by atoms with Crippen molar-refractivity contribution in [2.45, 2.75) is 6.42 Å². The molecule has 10 heavy (non-hydrogen) atoms. The minimum absolute atomic E-state index is 0.134. The number of H-pyrrole nitrogens is 1. The van der Waals surface area contributed by atoms with Crippen molar-refractivity contribution < 1.29 is 0 Å². The monoisotopic (exact) mass is 134 g/mol. The molecule has 0 unspecified atom stereocenters. The van der Waals surface area contributed by atoms with Crippen LogP contribution < -0.4 is 5.56 Å². The van der Waals surface area contributed by atoms with E-state index >= 15 is 0 Å². The smallest absolute Gasteiger partial charge is 0.264 e. The number of nitrogens with one attached hydrogen (secondary N) is 1. The van der Waals surface area contributed by atoms with Gasteiger partial charge in [-0.15, -0.1) is 0 Å². The molecular formula is C7H6N2O. The zero-order chi connectivity index (χ0) is 6.97. The zero-order valence-electron chi connectivity index (χ0n) is 5.29. The van der Waals surface area contributed by atoms with Gasteiger partial charge in [0, 0.05) is 18.1 Å². The summed E-state index contributed by atoms with van der Waals surface area (Å²) < 4.78 is 0. The summed E-state index contributed by atoms with van der Waals surface area (Å²) in [6.07, 6.45) is 4.74. The van der Waals surface area contributed by atoms with Crippen LogP contribution in [0.15, 0.2) is 16.9 Å². The number of fused-ring (bicyclic) bond motifs is 1. The Morgan fingerprint density at radius 1 is 1.60 bits per heavy atom. The molecule has 0 radical (unpaired) electrons. The van der Waals surface area contributed by atoms with Crippen LogP contribution in [0.25, 0.3) is 6.08 Å². The van der Waals surface area contributed by atoms with Crippen LogP contribution in [0.3, 0.4) is 0 Å². The zero-order valence-corrected chi connectivity index (χ0v) is 5.29. The highest BCUT2D eigenvalue weighted by Gasteiger charge is 2.05. The summed E-state index contributed by atoms with van der Waals surface area (Å²) in [6, 6.07) is 1.56. The Bertz CT molecular complexity index is 338. The Morgan fingerprint density at radius 2 is 2.50 bits per heavy atom. The van der Waals surface area contributed by atoms with E-state index in [0.717, 1.165) is 17.7 Å². The van der Waals surface area contributed by atoms with E-state index in [1.54, 1.807) is 6.07 Å². The highest BCUT2D eigenvalue weighted by molar-refractivity contribution is 5.56. The molecule has 0 saturated heterocycles. The summed E-state index contributed by atoms with van der Waals surface area (Å²) in [6.45, 7) is 0. The first-order chi connectivity index (χ1) is 4.86. The molecular weight excluding hydrogens is 128 g/mol. The third kappa shape index (κ3) is 0.673. The quantitative estimate of drug-likeness (QED) is 0.556. The molecule has 1 N–H and O–H groups in total. The van der Waals surface area contributed by atoms with Crippen LogP contribution in [0.5, 0.6) is 0 Å². The first kappa shape index (κ1) is 5.41. The van der Waals surface area contributed by atoms with Crippen molar-refractivity contribution in [1.29, 1.82) is 0 Å². The third-order valence-corrected chi connectivity index (χ3v) is 1.53. The van der Waals surface area contributed by atoms with Crippen LogP contribution in [0, 0.1) is 0 Å². The topological polar surface area (TPSA) is 45.8 Å². The molecule has 3 nitrogen and oxygen atoms in total. The fraction of sp³-hybridized carbons (Fsp3) is 0.143. The third-order valence-electron chi connectivity index (χ3n) is 1.53. The SMILES string of the molecule is O=c1cc2c(n[nH]1)CC=C2. The van der Waals surface area contributed by atoms with Gasteiger partial charge in [0.2, 0.25) is 0 Å². The van der Waals surface area contributed by atoms with Crippen molar-refractivity contribution in [1.82, 2.24) is 10.2 Å². The molecule has 1 aromatic rings. The molecule has 3 heteroatoms. The first-order valence-corrected chi connectivity index (χ1v) is 3.11. The van der Waals surface area contributed by atoms with Crippen molar-refractivity contribution in [3.05, 3.63) is 33.8 Å². The maximum atomic E-state index is 10.7. The van der Waals surface area contributed by atoms with E-state index in [0.29, 0.717) is 0 Å². The molecule has 1 aliphatic carbocycles. The maximum absolute atomic E-state index is 10.7. The minimum Gasteiger partial charge on any atom is -0.268 e. The van der Waals surface area contributed by atoms with E-state index in [4.69, 9.17) is 0 Å². The normalized spacial score (nSPS) is 13.6. The van der Waals surface area contributed by atoms with Crippen molar-refractivity contribution in [3.8, 4) is 0 Å². The lowest BCUT2D eigenvalue weighted by molar-refractivity contribution is 0.925. The molecule has 0 spiro atoms. The Morgan fingerprint density at radius 3 is 3.40 bits per heavy atom. The van der Waals surface area contributed by atoms with Crippen LogP contribution in [-0.2, 0) is 6.42 Å². The number of hydrogen-bond acceptors (Lipinski definition) is 2. The molecule has 0 fully saturated rings. The number of aromatic nitrogens is 2. The standard InChI is InChI=1S/C7H6N2O/c10-7-4-5-2-1-3-6(5)8-9-7/h1-2,4H,3H2,(H,9,10). The Kier molecular flexibility index (Phi) is 0.974. The first-order valence-electron chi connectivity index (χ1n) is 3.11. The number of hydrogen-bond donors (Lipinski definition) is 1. The van der Waals surface area contributed by atoms with Crippen LogP contribution in [0.2, 0.25) is 0 Å². The Hall–Kier alpha value is -1.38. The number of allylic oxidation sites excluding steroid dienone is 1. The average molecular weight is 134 g/mol. The molecule has 0 aliphatic heterocycles. The highest BCUT2D eigenvalue weighted by atomic mass is 16.1. The van der Waals surface area contributed by atoms with Crippen LogP contribution >= 0.6 is 0 Å². The largest absolute Gasteiger partial charge is 0.268 e. The fourth-order valence-corrected chi connectivity index (χ4v) is 1.05. The van der Waals surface area contributed by atoms with E-state index in [-0.39, 0.29) is 5.56 Å². The van der Waals surface area contributed by atoms with Crippen LogP contribution in [0.1, 0.15) is 11.3 Å². The van der Waals surface area contributed by atoms with Gasteiger partial charge in [-0.1, -0.05) is 12.2 Å². The van der Waals surface area contributed by atoms with Gasteiger partial charge >= 0.3 is 0 Å². The van der Waals surface area contributed by atoms with Gasteiger partial charge in [0.05, 0.1) is 5.69 Å². The lowest BCUT2D eigenvalue weighted by atomic mass is 10.2. The number of rotatable bonds is 0. The molecule has 0 saturated carbocycles. The summed E-state index contributed by atoms with van der Waals surface area (Å²) in [5, 5.41) is 6.24. The molecule has 1 aromatic heterocycles. The molecule has 50 valence electrons. The summed E-state index contributed by atoms with van der Waals surface area (Å²) in [5.41, 5.74) is 1.77. The molecule has 0 atom stereocenters. The van der Waals surface area contributed by atoms with E-state index < -0.39 is 0 Å². The second kappa shape index (κ2) is 1.80. The molecule has 1 heterocycles. The predicted octanol–water partition coefficient (Wildman–Crippen LogP) is 0.339. The van der Waals surface area contributed by atoms with Crippen LogP contribution in [-0.4, -0.2) is 10.2 Å². The second-order valence-corrected chi connectivity index (χ2v) is 2.24. The summed E-state index contributed by atoms with van der Waals surface area (Å²) in [4.78, 5) is 10.7. The minimum atomic E-state index is -0.134. The fourth-order valence-electron chi connectivity index (χ4n) is 1.05. The number of nitrogens with zero attached hydrogens (tertiary/aromatic N) is 1. The van der Waals surface area contributed by atoms with E-state index in [9.17, 15) is 4.79 Å². The van der Waals surface area contributed by atoms with Gasteiger partial charge in [0.1, 0.15) is 0 Å². The van der Waals surface area contributed by atoms with Gasteiger partial charge in [-0.25, -0.2) is 5.10 Å². The van der Waals surface area contributed by atoms with Crippen molar-refractivity contribution in [2.24, 2.45) is 0 Å². The van der Waals surface area contributed by atoms with E-state index in [1.807, 2.05) is 12.2 Å². The molecule has 0 aromatic carbocycles. The van der Waals surface area contributed by atoms with Gasteiger partial charge in [0.15, 0.2) is 0 Å². The second-order valence-electron chi connectivity index (χ2n) is 2.24. The van der Waals surface area contributed by atoms with Gasteiger partial charge in [-0.3, -0.25) is 4.79 Å². The van der Waals surface area contributed by atoms with E-state index in [2.05, 4.69) is 10.2 Å². The van der Waals surface area contributed by atoms with Gasteiger partial charge in [0.25, 0.3) is 5.56 Å². The summed E-state index contributed by atoms with van der Waals surface area (Å²) >= 11 is 0. The van der Waals surface area contributed by atoms with E-state index in [1.165, 1.54) is 0 Å². The Labute approximate surface area is 57.4 Å². The summed E-state index contributed by atoms with van der Waals surface area (Å²) in [7, 11) is 0. The highest BCUT2D eigenvalue weighted by Crippen LogP contribution is 2.12. The summed E-state index contributed by atoms with van der Waals surface area (Å²) in [5.74, 6) is 0. The lowest BCUT2D eigenvalue weighted by Gasteiger charge is -1.91. The van der Waals surface area contributed by atoms with Crippen molar-refractivity contribution >= 4 is 6.08 Å². The molecule has 1 aliphatic rings. The van der Waals surface area contributed by atoms with Crippen molar-refractivity contribution in [3.63, 3.8) is 0 Å². The molecule has 0 bridgehead atoms.